The lowest BCUT2D eigenvalue weighted by molar-refractivity contribution is -0.122. The number of nitrogens with two attached hydrogens (primary N) is 1. The third-order valence-corrected chi connectivity index (χ3v) is 3.79. The summed E-state index contributed by atoms with van der Waals surface area (Å²) in [5.41, 5.74) is 4.38. The number of nitrogens with one attached hydrogen (secondary N) is 1. The van der Waals surface area contributed by atoms with Crippen LogP contribution in [0.15, 0.2) is 9.59 Å². The van der Waals surface area contributed by atoms with E-state index < -0.39 is 11.2 Å². The lowest BCUT2D eigenvalue weighted by Crippen LogP contribution is -2.42. The smallest absolute Gasteiger partial charge is 0.346 e. The number of hydrogen-bond acceptors (Lipinski definition) is 5. The molecule has 1 aliphatic rings. The fraction of sp³-hybridized carbons (Fsp3) is 0.667. The summed E-state index contributed by atoms with van der Waals surface area (Å²) in [5.74, 6) is -0.180. The first-order valence-electron chi connectivity index (χ1n) is 6.60. The van der Waals surface area contributed by atoms with Gasteiger partial charge in [-0.3, -0.25) is 14.2 Å². The number of aromatic nitrogens is 3. The minimum absolute atomic E-state index is 0.0725. The minimum atomic E-state index is -0.460. The van der Waals surface area contributed by atoms with Crippen LogP contribution in [-0.2, 0) is 18.9 Å². The average molecular weight is 281 g/mol. The summed E-state index contributed by atoms with van der Waals surface area (Å²) in [6.07, 6.45) is 2.92. The van der Waals surface area contributed by atoms with Crippen LogP contribution in [0.1, 0.15) is 25.7 Å². The van der Waals surface area contributed by atoms with Gasteiger partial charge in [-0.2, -0.15) is 0 Å². The largest absolute Gasteiger partial charge is 0.369 e. The van der Waals surface area contributed by atoms with Gasteiger partial charge in [-0.05, 0) is 25.7 Å². The molecule has 0 aromatic carbocycles. The van der Waals surface area contributed by atoms with E-state index in [2.05, 4.69) is 10.4 Å². The molecule has 1 amide bonds. The molecule has 0 radical (unpaired) electrons. The molecule has 0 unspecified atom stereocenters. The van der Waals surface area contributed by atoms with E-state index >= 15 is 0 Å². The third-order valence-electron chi connectivity index (χ3n) is 3.79. The zero-order chi connectivity index (χ0) is 14.9. The second-order valence-electron chi connectivity index (χ2n) is 5.21. The Kier molecular flexibility index (Phi) is 3.91. The van der Waals surface area contributed by atoms with E-state index in [0.29, 0.717) is 12.8 Å². The third kappa shape index (κ3) is 2.73. The van der Waals surface area contributed by atoms with E-state index in [1.807, 2.05) is 0 Å². The molecular weight excluding hydrogens is 262 g/mol. The van der Waals surface area contributed by atoms with Gasteiger partial charge in [0.2, 0.25) is 11.7 Å². The standard InChI is InChI=1S/C12H19N5O3/c1-16-11(19)10(15-17(2)12(16)20)14-8-5-3-7(4-6-8)9(13)18/h7-8H,3-6H2,1-2H3,(H2,13,18)(H,14,15). The number of rotatable bonds is 3. The van der Waals surface area contributed by atoms with E-state index in [4.69, 9.17) is 5.73 Å². The Hall–Kier alpha value is -2.12. The van der Waals surface area contributed by atoms with Crippen molar-refractivity contribution in [2.24, 2.45) is 25.7 Å². The van der Waals surface area contributed by atoms with Gasteiger partial charge in [-0.15, -0.1) is 5.10 Å². The molecule has 0 spiro atoms. The maximum Gasteiger partial charge on any atom is 0.346 e. The molecule has 8 heteroatoms. The molecule has 1 aromatic heterocycles. The van der Waals surface area contributed by atoms with Gasteiger partial charge in [0.05, 0.1) is 0 Å². The normalized spacial score (nSPS) is 22.5. The predicted molar refractivity (Wildman–Crippen MR) is 73.3 cm³/mol. The zero-order valence-electron chi connectivity index (χ0n) is 11.6. The Morgan fingerprint density at radius 3 is 2.40 bits per heavy atom. The van der Waals surface area contributed by atoms with E-state index in [0.717, 1.165) is 22.1 Å². The molecule has 20 heavy (non-hydrogen) atoms. The summed E-state index contributed by atoms with van der Waals surface area (Å²) in [6.45, 7) is 0. The minimum Gasteiger partial charge on any atom is -0.369 e. The van der Waals surface area contributed by atoms with Gasteiger partial charge >= 0.3 is 5.69 Å². The van der Waals surface area contributed by atoms with Crippen molar-refractivity contribution in [1.82, 2.24) is 14.3 Å². The number of hydrogen-bond donors (Lipinski definition) is 2. The SMILES string of the molecule is Cn1nc(NC2CCC(C(N)=O)CC2)c(=O)n(C)c1=O. The fourth-order valence-corrected chi connectivity index (χ4v) is 2.50. The summed E-state index contributed by atoms with van der Waals surface area (Å²) < 4.78 is 2.14. The number of primary amides is 1. The Balaban J connectivity index is 2.11. The van der Waals surface area contributed by atoms with Crippen molar-refractivity contribution in [2.45, 2.75) is 31.7 Å². The first-order chi connectivity index (χ1) is 9.40. The molecule has 8 nitrogen and oxygen atoms in total. The van der Waals surface area contributed by atoms with Crippen molar-refractivity contribution in [2.75, 3.05) is 5.32 Å². The Morgan fingerprint density at radius 2 is 1.85 bits per heavy atom. The van der Waals surface area contributed by atoms with Gasteiger partial charge in [0.15, 0.2) is 0 Å². The topological polar surface area (TPSA) is 112 Å². The molecule has 110 valence electrons. The van der Waals surface area contributed by atoms with Crippen LogP contribution in [0.5, 0.6) is 0 Å². The van der Waals surface area contributed by atoms with Crippen LogP contribution in [0.2, 0.25) is 0 Å². The van der Waals surface area contributed by atoms with Gasteiger partial charge in [-0.25, -0.2) is 9.48 Å². The summed E-state index contributed by atoms with van der Waals surface area (Å²) in [6, 6.07) is 0.0725. The van der Waals surface area contributed by atoms with Crippen molar-refractivity contribution >= 4 is 11.7 Å². The molecule has 3 N–H and O–H groups in total. The number of aryl methyl sites for hydroxylation is 1. The number of nitrogens with zero attached hydrogens (tertiary/aromatic N) is 3. The van der Waals surface area contributed by atoms with E-state index in [1.54, 1.807) is 0 Å². The van der Waals surface area contributed by atoms with Crippen LogP contribution in [0.3, 0.4) is 0 Å². The Morgan fingerprint density at radius 1 is 1.25 bits per heavy atom. The van der Waals surface area contributed by atoms with Crippen molar-refractivity contribution in [3.63, 3.8) is 0 Å². The van der Waals surface area contributed by atoms with E-state index in [-0.39, 0.29) is 23.7 Å². The number of carbonyl (C=O) groups is 1. The van der Waals surface area contributed by atoms with Crippen molar-refractivity contribution in [3.8, 4) is 0 Å². The van der Waals surface area contributed by atoms with Crippen molar-refractivity contribution < 1.29 is 4.79 Å². The van der Waals surface area contributed by atoms with Gasteiger partial charge in [0, 0.05) is 26.1 Å². The summed E-state index contributed by atoms with van der Waals surface area (Å²) in [7, 11) is 2.92. The lowest BCUT2D eigenvalue weighted by atomic mass is 9.85. The summed E-state index contributed by atoms with van der Waals surface area (Å²) in [5, 5.41) is 7.01. The van der Waals surface area contributed by atoms with Crippen LogP contribution >= 0.6 is 0 Å². The summed E-state index contributed by atoms with van der Waals surface area (Å²) in [4.78, 5) is 34.6. The highest BCUT2D eigenvalue weighted by molar-refractivity contribution is 5.76. The second kappa shape index (κ2) is 5.48. The highest BCUT2D eigenvalue weighted by atomic mass is 16.2. The van der Waals surface area contributed by atoms with Crippen LogP contribution in [-0.4, -0.2) is 26.3 Å². The molecule has 0 aliphatic heterocycles. The van der Waals surface area contributed by atoms with Gasteiger partial charge in [-0.1, -0.05) is 0 Å². The molecule has 1 saturated carbocycles. The maximum absolute atomic E-state index is 11.9. The molecule has 0 atom stereocenters. The van der Waals surface area contributed by atoms with Gasteiger partial charge < -0.3 is 11.1 Å². The highest BCUT2D eigenvalue weighted by Gasteiger charge is 2.25. The monoisotopic (exact) mass is 281 g/mol. The molecular formula is C12H19N5O3. The van der Waals surface area contributed by atoms with Crippen LogP contribution in [0.25, 0.3) is 0 Å². The van der Waals surface area contributed by atoms with Crippen molar-refractivity contribution in [1.29, 1.82) is 0 Å². The zero-order valence-corrected chi connectivity index (χ0v) is 11.6. The second-order valence-corrected chi connectivity index (χ2v) is 5.21. The first-order valence-corrected chi connectivity index (χ1v) is 6.60. The Labute approximate surface area is 115 Å². The molecule has 1 fully saturated rings. The highest BCUT2D eigenvalue weighted by Crippen LogP contribution is 2.25. The molecule has 1 aromatic rings. The Bertz CT molecular complexity index is 625. The number of carbonyl (C=O) groups excluding carboxylic acids is 1. The summed E-state index contributed by atoms with van der Waals surface area (Å²) >= 11 is 0. The number of amides is 1. The predicted octanol–water partition coefficient (Wildman–Crippen LogP) is -1.06. The molecule has 0 saturated heterocycles. The van der Waals surface area contributed by atoms with Gasteiger partial charge in [0.1, 0.15) is 0 Å². The lowest BCUT2D eigenvalue weighted by Gasteiger charge is -2.27. The van der Waals surface area contributed by atoms with Crippen LogP contribution in [0, 0.1) is 5.92 Å². The number of anilines is 1. The first kappa shape index (κ1) is 14.3. The van der Waals surface area contributed by atoms with Crippen LogP contribution in [0.4, 0.5) is 5.82 Å². The van der Waals surface area contributed by atoms with E-state index in [1.165, 1.54) is 14.1 Å². The van der Waals surface area contributed by atoms with E-state index in [9.17, 15) is 14.4 Å². The molecule has 2 rings (SSSR count). The van der Waals surface area contributed by atoms with Gasteiger partial charge in [0.25, 0.3) is 5.56 Å². The molecule has 1 heterocycles. The fourth-order valence-electron chi connectivity index (χ4n) is 2.50. The molecule has 1 aliphatic carbocycles. The maximum atomic E-state index is 11.9. The quantitative estimate of drug-likeness (QED) is 0.733. The molecule has 0 bridgehead atoms. The van der Waals surface area contributed by atoms with Crippen molar-refractivity contribution in [3.05, 3.63) is 20.8 Å². The average Bonchev–Trinajstić information content (AvgIpc) is 2.43. The van der Waals surface area contributed by atoms with Crippen LogP contribution < -0.4 is 22.3 Å².